The average molecular weight is 176 g/mol. The topological polar surface area (TPSA) is 83.8 Å². The average Bonchev–Trinajstić information content (AvgIpc) is 2.00. The van der Waals surface area contributed by atoms with Crippen molar-refractivity contribution in [2.24, 2.45) is 5.92 Å². The summed E-state index contributed by atoms with van der Waals surface area (Å²) in [6.07, 6.45) is -0.394. The minimum atomic E-state index is -1.12. The van der Waals surface area contributed by atoms with Gasteiger partial charge in [-0.3, -0.25) is 9.59 Å². The molecule has 0 aliphatic carbocycles. The normalized spacial score (nSPS) is 12.2. The zero-order valence-electron chi connectivity index (χ0n) is 6.82. The van der Waals surface area contributed by atoms with Gasteiger partial charge in [-0.25, -0.2) is 0 Å². The summed E-state index contributed by atoms with van der Waals surface area (Å²) in [7, 11) is 0. The summed E-state index contributed by atoms with van der Waals surface area (Å²) in [6, 6.07) is 0. The summed E-state index contributed by atoms with van der Waals surface area (Å²) in [5.41, 5.74) is 0. The number of hydrogen-bond donors (Lipinski definition) is 2. The van der Waals surface area contributed by atoms with Crippen LogP contribution in [0.15, 0.2) is 0 Å². The molecule has 5 nitrogen and oxygen atoms in total. The van der Waals surface area contributed by atoms with Gasteiger partial charge in [0.1, 0.15) is 0 Å². The second-order valence-corrected chi connectivity index (χ2v) is 2.23. The molecule has 0 aromatic carbocycles. The van der Waals surface area contributed by atoms with Gasteiger partial charge < -0.3 is 14.9 Å². The maximum Gasteiger partial charge on any atom is 0.311 e. The molecule has 0 aliphatic rings. The molecule has 0 heterocycles. The third-order valence-corrected chi connectivity index (χ3v) is 1.26. The molecule has 0 aromatic heterocycles. The molecule has 1 unspecified atom stereocenters. The SMILES string of the molecule is CCOC(=O)C(CO)CC(=O)O. The van der Waals surface area contributed by atoms with Crippen LogP contribution in [-0.2, 0) is 14.3 Å². The first-order chi connectivity index (χ1) is 5.61. The van der Waals surface area contributed by atoms with Crippen molar-refractivity contribution < 1.29 is 24.5 Å². The van der Waals surface area contributed by atoms with Crippen LogP contribution in [0.3, 0.4) is 0 Å². The molecule has 0 spiro atoms. The second-order valence-electron chi connectivity index (χ2n) is 2.23. The van der Waals surface area contributed by atoms with E-state index >= 15 is 0 Å². The fraction of sp³-hybridized carbons (Fsp3) is 0.714. The van der Waals surface area contributed by atoms with Crippen molar-refractivity contribution in [3.8, 4) is 0 Å². The zero-order valence-corrected chi connectivity index (χ0v) is 6.82. The molecule has 0 saturated carbocycles. The Kier molecular flexibility index (Phi) is 5.03. The van der Waals surface area contributed by atoms with E-state index in [0.29, 0.717) is 0 Å². The third kappa shape index (κ3) is 3.92. The summed E-state index contributed by atoms with van der Waals surface area (Å²) in [4.78, 5) is 21.0. The lowest BCUT2D eigenvalue weighted by Gasteiger charge is -2.09. The molecule has 0 aromatic rings. The number of rotatable bonds is 5. The van der Waals surface area contributed by atoms with Gasteiger partial charge in [-0.15, -0.1) is 0 Å². The smallest absolute Gasteiger partial charge is 0.311 e. The number of carboxylic acid groups (broad SMARTS) is 1. The Morgan fingerprint density at radius 3 is 2.42 bits per heavy atom. The van der Waals surface area contributed by atoms with Crippen LogP contribution < -0.4 is 0 Å². The minimum absolute atomic E-state index is 0.189. The Bertz CT molecular complexity index is 165. The van der Waals surface area contributed by atoms with E-state index in [1.807, 2.05) is 0 Å². The van der Waals surface area contributed by atoms with E-state index in [0.717, 1.165) is 0 Å². The molecule has 0 amide bonds. The Labute approximate surface area is 70.0 Å². The third-order valence-electron chi connectivity index (χ3n) is 1.26. The maximum atomic E-state index is 10.9. The number of aliphatic hydroxyl groups is 1. The predicted octanol–water partition coefficient (Wildman–Crippen LogP) is -0.367. The monoisotopic (exact) mass is 176 g/mol. The first kappa shape index (κ1) is 10.9. The summed E-state index contributed by atoms with van der Waals surface area (Å²) in [5, 5.41) is 16.9. The van der Waals surface area contributed by atoms with Crippen molar-refractivity contribution in [2.45, 2.75) is 13.3 Å². The summed E-state index contributed by atoms with van der Waals surface area (Å²) < 4.78 is 4.53. The van der Waals surface area contributed by atoms with E-state index in [1.165, 1.54) is 0 Å². The first-order valence-electron chi connectivity index (χ1n) is 3.61. The lowest BCUT2D eigenvalue weighted by Crippen LogP contribution is -2.24. The quantitative estimate of drug-likeness (QED) is 0.558. The molecule has 5 heteroatoms. The van der Waals surface area contributed by atoms with E-state index in [-0.39, 0.29) is 6.61 Å². The Balaban J connectivity index is 3.96. The number of aliphatic hydroxyl groups excluding tert-OH is 1. The number of ether oxygens (including phenoxy) is 1. The van der Waals surface area contributed by atoms with Gasteiger partial charge in [-0.2, -0.15) is 0 Å². The highest BCUT2D eigenvalue weighted by molar-refractivity contribution is 5.79. The van der Waals surface area contributed by atoms with Crippen LogP contribution in [0.1, 0.15) is 13.3 Å². The fourth-order valence-electron chi connectivity index (χ4n) is 0.693. The molecule has 1 atom stereocenters. The molecule has 0 fully saturated rings. The van der Waals surface area contributed by atoms with Crippen LogP contribution in [0.25, 0.3) is 0 Å². The number of carboxylic acids is 1. The highest BCUT2D eigenvalue weighted by Gasteiger charge is 2.21. The standard InChI is InChI=1S/C7H12O5/c1-2-12-7(11)5(4-8)3-6(9)10/h5,8H,2-4H2,1H3,(H,9,10). The van der Waals surface area contributed by atoms with E-state index < -0.39 is 30.9 Å². The second kappa shape index (κ2) is 5.54. The number of hydrogen-bond acceptors (Lipinski definition) is 4. The summed E-state index contributed by atoms with van der Waals surface area (Å²) in [6.45, 7) is 1.31. The molecule has 0 aliphatic heterocycles. The van der Waals surface area contributed by atoms with Gasteiger partial charge >= 0.3 is 11.9 Å². The van der Waals surface area contributed by atoms with E-state index in [2.05, 4.69) is 4.74 Å². The van der Waals surface area contributed by atoms with Crippen molar-refractivity contribution >= 4 is 11.9 Å². The van der Waals surface area contributed by atoms with Gasteiger partial charge in [0.2, 0.25) is 0 Å². The van der Waals surface area contributed by atoms with Crippen LogP contribution in [0.4, 0.5) is 0 Å². The van der Waals surface area contributed by atoms with Gasteiger partial charge in [0.15, 0.2) is 0 Å². The van der Waals surface area contributed by atoms with Crippen molar-refractivity contribution in [3.05, 3.63) is 0 Å². The molecule has 0 bridgehead atoms. The van der Waals surface area contributed by atoms with Crippen molar-refractivity contribution in [3.63, 3.8) is 0 Å². The van der Waals surface area contributed by atoms with Crippen LogP contribution in [-0.4, -0.2) is 35.4 Å². The van der Waals surface area contributed by atoms with Crippen LogP contribution in [0, 0.1) is 5.92 Å². The Hall–Kier alpha value is -1.10. The summed E-state index contributed by atoms with van der Waals surface area (Å²) in [5.74, 6) is -2.73. The van der Waals surface area contributed by atoms with Crippen LogP contribution >= 0.6 is 0 Å². The molecule has 70 valence electrons. The molecule has 0 radical (unpaired) electrons. The Morgan fingerprint density at radius 1 is 1.50 bits per heavy atom. The van der Waals surface area contributed by atoms with E-state index in [4.69, 9.17) is 10.2 Å². The van der Waals surface area contributed by atoms with Gasteiger partial charge in [-0.05, 0) is 6.92 Å². The number of carbonyl (C=O) groups excluding carboxylic acids is 1. The van der Waals surface area contributed by atoms with Crippen molar-refractivity contribution in [1.29, 1.82) is 0 Å². The number of esters is 1. The molecule has 0 saturated heterocycles. The lowest BCUT2D eigenvalue weighted by molar-refractivity contribution is -0.154. The van der Waals surface area contributed by atoms with Crippen LogP contribution in [0.5, 0.6) is 0 Å². The van der Waals surface area contributed by atoms with Gasteiger partial charge in [0, 0.05) is 0 Å². The molecule has 2 N–H and O–H groups in total. The highest BCUT2D eigenvalue weighted by Crippen LogP contribution is 2.04. The van der Waals surface area contributed by atoms with Gasteiger partial charge in [0.05, 0.1) is 25.6 Å². The van der Waals surface area contributed by atoms with E-state index in [9.17, 15) is 9.59 Å². The van der Waals surface area contributed by atoms with Gasteiger partial charge in [0.25, 0.3) is 0 Å². The lowest BCUT2D eigenvalue weighted by atomic mass is 10.1. The first-order valence-corrected chi connectivity index (χ1v) is 3.61. The molecule has 0 rings (SSSR count). The van der Waals surface area contributed by atoms with Gasteiger partial charge in [-0.1, -0.05) is 0 Å². The molecular formula is C7H12O5. The maximum absolute atomic E-state index is 10.9. The predicted molar refractivity (Wildman–Crippen MR) is 39.5 cm³/mol. The molecular weight excluding hydrogens is 164 g/mol. The Morgan fingerprint density at radius 2 is 2.08 bits per heavy atom. The number of aliphatic carboxylic acids is 1. The van der Waals surface area contributed by atoms with Crippen molar-refractivity contribution in [2.75, 3.05) is 13.2 Å². The van der Waals surface area contributed by atoms with E-state index in [1.54, 1.807) is 6.92 Å². The minimum Gasteiger partial charge on any atom is -0.481 e. The molecule has 12 heavy (non-hydrogen) atoms. The van der Waals surface area contributed by atoms with Crippen LogP contribution in [0.2, 0.25) is 0 Å². The largest absolute Gasteiger partial charge is 0.481 e. The summed E-state index contributed by atoms with van der Waals surface area (Å²) >= 11 is 0. The number of carbonyl (C=O) groups is 2. The van der Waals surface area contributed by atoms with Crippen molar-refractivity contribution in [1.82, 2.24) is 0 Å². The fourth-order valence-corrected chi connectivity index (χ4v) is 0.693. The highest BCUT2D eigenvalue weighted by atomic mass is 16.5. The zero-order chi connectivity index (χ0) is 9.56.